The van der Waals surface area contributed by atoms with Gasteiger partial charge in [0, 0.05) is 19.1 Å². The van der Waals surface area contributed by atoms with Gasteiger partial charge in [0.25, 0.3) is 0 Å². The maximum absolute atomic E-state index is 6.16. The molecule has 0 saturated carbocycles. The third-order valence-corrected chi connectivity index (χ3v) is 5.21. The Hall–Kier alpha value is -1.84. The van der Waals surface area contributed by atoms with Crippen molar-refractivity contribution in [1.82, 2.24) is 14.5 Å². The van der Waals surface area contributed by atoms with Crippen LogP contribution in [0.3, 0.4) is 0 Å². The standard InChI is InChI=1S/C20H22ClN3/c21-13-20-22-18-10-4-5-11-19(18)24(20)15-17-9-6-12-23(17)14-16-7-2-1-3-8-16/h1-5,7-8,10-11,17H,6,9,12-15H2. The molecule has 1 atom stereocenters. The average Bonchev–Trinajstić information content (AvgIpc) is 3.21. The molecular weight excluding hydrogens is 318 g/mol. The summed E-state index contributed by atoms with van der Waals surface area (Å²) in [7, 11) is 0. The first-order chi connectivity index (χ1) is 11.8. The quantitative estimate of drug-likeness (QED) is 0.641. The topological polar surface area (TPSA) is 21.1 Å². The predicted octanol–water partition coefficient (Wildman–Crippen LogP) is 4.44. The Morgan fingerprint density at radius 3 is 2.67 bits per heavy atom. The molecule has 1 aliphatic rings. The monoisotopic (exact) mass is 339 g/mol. The van der Waals surface area contributed by atoms with Gasteiger partial charge in [-0.25, -0.2) is 4.98 Å². The second-order valence-electron chi connectivity index (χ2n) is 6.51. The van der Waals surface area contributed by atoms with Gasteiger partial charge in [-0.15, -0.1) is 11.6 Å². The van der Waals surface area contributed by atoms with Crippen LogP contribution in [0, 0.1) is 0 Å². The average molecular weight is 340 g/mol. The van der Waals surface area contributed by atoms with E-state index in [0.29, 0.717) is 11.9 Å². The molecule has 1 saturated heterocycles. The highest BCUT2D eigenvalue weighted by atomic mass is 35.5. The lowest BCUT2D eigenvalue weighted by Gasteiger charge is -2.25. The molecule has 1 unspecified atom stereocenters. The normalized spacial score (nSPS) is 18.5. The fourth-order valence-electron chi connectivity index (χ4n) is 3.77. The van der Waals surface area contributed by atoms with Gasteiger partial charge in [-0.2, -0.15) is 0 Å². The summed E-state index contributed by atoms with van der Waals surface area (Å²) in [6, 6.07) is 19.6. The SMILES string of the molecule is ClCc1nc2ccccc2n1CC1CCCN1Cc1ccccc1. The molecule has 0 amide bonds. The van der Waals surface area contributed by atoms with E-state index in [9.17, 15) is 0 Å². The lowest BCUT2D eigenvalue weighted by Crippen LogP contribution is -2.32. The highest BCUT2D eigenvalue weighted by Gasteiger charge is 2.26. The molecule has 0 bridgehead atoms. The summed E-state index contributed by atoms with van der Waals surface area (Å²) >= 11 is 6.16. The summed E-state index contributed by atoms with van der Waals surface area (Å²) < 4.78 is 2.32. The van der Waals surface area contributed by atoms with E-state index in [1.807, 2.05) is 6.07 Å². The Bertz CT molecular complexity index is 812. The number of hydrogen-bond donors (Lipinski definition) is 0. The van der Waals surface area contributed by atoms with Crippen LogP contribution in [-0.4, -0.2) is 27.0 Å². The number of alkyl halides is 1. The number of aromatic nitrogens is 2. The van der Waals surface area contributed by atoms with Crippen molar-refractivity contribution in [3.63, 3.8) is 0 Å². The first-order valence-corrected chi connectivity index (χ1v) is 9.16. The van der Waals surface area contributed by atoms with Crippen LogP contribution in [-0.2, 0) is 19.0 Å². The van der Waals surface area contributed by atoms with Crippen molar-refractivity contribution in [2.75, 3.05) is 6.54 Å². The molecule has 0 aliphatic carbocycles. The van der Waals surface area contributed by atoms with E-state index in [2.05, 4.69) is 58.0 Å². The van der Waals surface area contributed by atoms with Crippen LogP contribution in [0.15, 0.2) is 54.6 Å². The predicted molar refractivity (Wildman–Crippen MR) is 99.2 cm³/mol. The number of fused-ring (bicyclic) bond motifs is 1. The molecular formula is C20H22ClN3. The fourth-order valence-corrected chi connectivity index (χ4v) is 3.97. The zero-order chi connectivity index (χ0) is 16.4. The van der Waals surface area contributed by atoms with Crippen LogP contribution >= 0.6 is 11.6 Å². The molecule has 0 radical (unpaired) electrons. The highest BCUT2D eigenvalue weighted by molar-refractivity contribution is 6.16. The smallest absolute Gasteiger partial charge is 0.124 e. The van der Waals surface area contributed by atoms with Crippen molar-refractivity contribution < 1.29 is 0 Å². The molecule has 0 N–H and O–H groups in total. The third-order valence-electron chi connectivity index (χ3n) is 4.97. The maximum atomic E-state index is 6.16. The Labute approximate surface area is 147 Å². The maximum Gasteiger partial charge on any atom is 0.124 e. The van der Waals surface area contributed by atoms with Crippen LogP contribution in [0.25, 0.3) is 11.0 Å². The number of likely N-dealkylation sites (tertiary alicyclic amines) is 1. The summed E-state index contributed by atoms with van der Waals surface area (Å²) in [4.78, 5) is 7.29. The van der Waals surface area contributed by atoms with Gasteiger partial charge in [0.1, 0.15) is 5.82 Å². The van der Waals surface area contributed by atoms with Gasteiger partial charge in [0.2, 0.25) is 0 Å². The highest BCUT2D eigenvalue weighted by Crippen LogP contribution is 2.25. The third kappa shape index (κ3) is 3.06. The van der Waals surface area contributed by atoms with Crippen molar-refractivity contribution in [3.8, 4) is 0 Å². The Morgan fingerprint density at radius 2 is 1.83 bits per heavy atom. The Morgan fingerprint density at radius 1 is 1.04 bits per heavy atom. The molecule has 4 heteroatoms. The number of halogens is 1. The second kappa shape index (κ2) is 6.96. The number of nitrogens with zero attached hydrogens (tertiary/aromatic N) is 3. The van der Waals surface area contributed by atoms with Gasteiger partial charge in [-0.3, -0.25) is 4.90 Å². The van der Waals surface area contributed by atoms with Gasteiger partial charge >= 0.3 is 0 Å². The summed E-state index contributed by atoms with van der Waals surface area (Å²) in [5, 5.41) is 0. The van der Waals surface area contributed by atoms with Crippen LogP contribution < -0.4 is 0 Å². The largest absolute Gasteiger partial charge is 0.325 e. The number of benzene rings is 2. The summed E-state index contributed by atoms with van der Waals surface area (Å²) in [5.41, 5.74) is 3.62. The second-order valence-corrected chi connectivity index (χ2v) is 6.78. The zero-order valence-electron chi connectivity index (χ0n) is 13.7. The number of hydrogen-bond acceptors (Lipinski definition) is 2. The summed E-state index contributed by atoms with van der Waals surface area (Å²) in [5.74, 6) is 1.43. The fraction of sp³-hybridized carbons (Fsp3) is 0.350. The van der Waals surface area contributed by atoms with Crippen molar-refractivity contribution in [3.05, 3.63) is 66.0 Å². The van der Waals surface area contributed by atoms with E-state index in [1.54, 1.807) is 0 Å². The van der Waals surface area contributed by atoms with Crippen molar-refractivity contribution >= 4 is 22.6 Å². The van der Waals surface area contributed by atoms with Crippen LogP contribution in [0.5, 0.6) is 0 Å². The van der Waals surface area contributed by atoms with Crippen molar-refractivity contribution in [2.45, 2.75) is 37.9 Å². The Balaban J connectivity index is 1.58. The van der Waals surface area contributed by atoms with Gasteiger partial charge in [-0.1, -0.05) is 42.5 Å². The molecule has 1 aliphatic heterocycles. The van der Waals surface area contributed by atoms with Crippen molar-refractivity contribution in [1.29, 1.82) is 0 Å². The number of para-hydroxylation sites is 2. The molecule has 0 spiro atoms. The van der Waals surface area contributed by atoms with Crippen LogP contribution in [0.4, 0.5) is 0 Å². The molecule has 2 aromatic carbocycles. The minimum Gasteiger partial charge on any atom is -0.325 e. The molecule has 1 aromatic heterocycles. The summed E-state index contributed by atoms with van der Waals surface area (Å²) in [6.07, 6.45) is 2.50. The lowest BCUT2D eigenvalue weighted by atomic mass is 10.1. The van der Waals surface area contributed by atoms with Crippen LogP contribution in [0.2, 0.25) is 0 Å². The number of rotatable bonds is 5. The first-order valence-electron chi connectivity index (χ1n) is 8.63. The van der Waals surface area contributed by atoms with E-state index in [0.717, 1.165) is 24.4 Å². The minimum atomic E-state index is 0.458. The van der Waals surface area contributed by atoms with E-state index < -0.39 is 0 Å². The molecule has 4 rings (SSSR count). The van der Waals surface area contributed by atoms with E-state index >= 15 is 0 Å². The summed E-state index contributed by atoms with van der Waals surface area (Å²) in [6.45, 7) is 3.16. The zero-order valence-corrected chi connectivity index (χ0v) is 14.5. The van der Waals surface area contributed by atoms with E-state index in [-0.39, 0.29) is 0 Å². The Kier molecular flexibility index (Phi) is 4.54. The molecule has 1 fully saturated rings. The van der Waals surface area contributed by atoms with E-state index in [1.165, 1.54) is 30.5 Å². The van der Waals surface area contributed by atoms with Crippen molar-refractivity contribution in [2.24, 2.45) is 0 Å². The van der Waals surface area contributed by atoms with Gasteiger partial charge in [-0.05, 0) is 37.1 Å². The molecule has 2 heterocycles. The lowest BCUT2D eigenvalue weighted by molar-refractivity contribution is 0.225. The number of imidazole rings is 1. The van der Waals surface area contributed by atoms with Gasteiger partial charge < -0.3 is 4.57 Å². The molecule has 124 valence electrons. The minimum absolute atomic E-state index is 0.458. The molecule has 3 nitrogen and oxygen atoms in total. The molecule has 24 heavy (non-hydrogen) atoms. The first kappa shape index (κ1) is 15.7. The van der Waals surface area contributed by atoms with E-state index in [4.69, 9.17) is 16.6 Å². The van der Waals surface area contributed by atoms with Crippen LogP contribution in [0.1, 0.15) is 24.2 Å². The van der Waals surface area contributed by atoms with Gasteiger partial charge in [0.15, 0.2) is 0 Å². The van der Waals surface area contributed by atoms with Gasteiger partial charge in [0.05, 0.1) is 16.9 Å². The molecule has 3 aromatic rings.